The molecule has 0 aromatic carbocycles. The summed E-state index contributed by atoms with van der Waals surface area (Å²) in [6.07, 6.45) is 5.82. The first kappa shape index (κ1) is 10.7. The van der Waals surface area contributed by atoms with Crippen LogP contribution in [0.3, 0.4) is 0 Å². The summed E-state index contributed by atoms with van der Waals surface area (Å²) in [6.45, 7) is 6.71. The SMILES string of the molecule is CCNc1nc(C)cn1CCn1cccn1. The maximum absolute atomic E-state index is 4.42. The number of hydrogen-bond donors (Lipinski definition) is 1. The van der Waals surface area contributed by atoms with E-state index in [0.717, 1.165) is 31.3 Å². The van der Waals surface area contributed by atoms with Crippen molar-refractivity contribution in [2.45, 2.75) is 26.9 Å². The minimum Gasteiger partial charge on any atom is -0.356 e. The van der Waals surface area contributed by atoms with E-state index in [2.05, 4.69) is 33.1 Å². The van der Waals surface area contributed by atoms with E-state index in [4.69, 9.17) is 0 Å². The second-order valence-electron chi connectivity index (χ2n) is 3.70. The maximum atomic E-state index is 4.42. The predicted octanol–water partition coefficient (Wildman–Crippen LogP) is 1.52. The summed E-state index contributed by atoms with van der Waals surface area (Å²) in [5.41, 5.74) is 1.04. The molecule has 5 heteroatoms. The van der Waals surface area contributed by atoms with Crippen LogP contribution in [0.1, 0.15) is 12.6 Å². The number of anilines is 1. The number of aromatic nitrogens is 4. The summed E-state index contributed by atoms with van der Waals surface area (Å²) in [7, 11) is 0. The van der Waals surface area contributed by atoms with Crippen LogP contribution >= 0.6 is 0 Å². The Morgan fingerprint density at radius 3 is 2.94 bits per heavy atom. The molecule has 86 valence electrons. The summed E-state index contributed by atoms with van der Waals surface area (Å²) in [4.78, 5) is 4.42. The smallest absolute Gasteiger partial charge is 0.203 e. The van der Waals surface area contributed by atoms with Crippen molar-refractivity contribution in [1.82, 2.24) is 19.3 Å². The Morgan fingerprint density at radius 1 is 1.38 bits per heavy atom. The van der Waals surface area contributed by atoms with E-state index in [1.54, 1.807) is 6.20 Å². The van der Waals surface area contributed by atoms with Crippen molar-refractivity contribution in [1.29, 1.82) is 0 Å². The number of imidazole rings is 1. The molecule has 0 spiro atoms. The lowest BCUT2D eigenvalue weighted by Gasteiger charge is -2.08. The van der Waals surface area contributed by atoms with E-state index in [-0.39, 0.29) is 0 Å². The highest BCUT2D eigenvalue weighted by atomic mass is 15.3. The normalized spacial score (nSPS) is 10.6. The maximum Gasteiger partial charge on any atom is 0.203 e. The van der Waals surface area contributed by atoms with Crippen LogP contribution in [0.4, 0.5) is 5.95 Å². The third kappa shape index (κ3) is 2.42. The first-order valence-electron chi connectivity index (χ1n) is 5.54. The van der Waals surface area contributed by atoms with E-state index >= 15 is 0 Å². The number of nitrogens with one attached hydrogen (secondary N) is 1. The molecule has 0 atom stereocenters. The Hall–Kier alpha value is -1.78. The molecule has 0 radical (unpaired) electrons. The van der Waals surface area contributed by atoms with Crippen LogP contribution in [0.15, 0.2) is 24.7 Å². The average Bonchev–Trinajstić information content (AvgIpc) is 2.86. The molecule has 0 aliphatic rings. The summed E-state index contributed by atoms with van der Waals surface area (Å²) in [6, 6.07) is 1.93. The van der Waals surface area contributed by atoms with Crippen LogP contribution in [-0.4, -0.2) is 25.9 Å². The summed E-state index contributed by atoms with van der Waals surface area (Å²) in [5, 5.41) is 7.43. The van der Waals surface area contributed by atoms with Crippen molar-refractivity contribution in [3.05, 3.63) is 30.4 Å². The lowest BCUT2D eigenvalue weighted by molar-refractivity contribution is 0.536. The van der Waals surface area contributed by atoms with Crippen LogP contribution in [0.25, 0.3) is 0 Å². The molecule has 0 aliphatic heterocycles. The Bertz CT molecular complexity index is 429. The average molecular weight is 219 g/mol. The molecule has 5 nitrogen and oxygen atoms in total. The van der Waals surface area contributed by atoms with Crippen LogP contribution in [0, 0.1) is 6.92 Å². The monoisotopic (exact) mass is 219 g/mol. The van der Waals surface area contributed by atoms with E-state index in [0.29, 0.717) is 0 Å². The van der Waals surface area contributed by atoms with Gasteiger partial charge in [0.2, 0.25) is 5.95 Å². The molecule has 0 aliphatic carbocycles. The molecule has 2 rings (SSSR count). The Balaban J connectivity index is 2.02. The second-order valence-corrected chi connectivity index (χ2v) is 3.70. The highest BCUT2D eigenvalue weighted by Gasteiger charge is 2.03. The molecule has 0 unspecified atom stereocenters. The van der Waals surface area contributed by atoms with Gasteiger partial charge in [-0.25, -0.2) is 4.98 Å². The predicted molar refractivity (Wildman–Crippen MR) is 63.4 cm³/mol. The Morgan fingerprint density at radius 2 is 2.25 bits per heavy atom. The van der Waals surface area contributed by atoms with Crippen molar-refractivity contribution in [2.24, 2.45) is 0 Å². The number of hydrogen-bond acceptors (Lipinski definition) is 3. The highest BCUT2D eigenvalue weighted by Crippen LogP contribution is 2.08. The summed E-state index contributed by atoms with van der Waals surface area (Å²) < 4.78 is 4.05. The molecule has 0 bridgehead atoms. The molecular weight excluding hydrogens is 202 g/mol. The molecule has 0 saturated heterocycles. The van der Waals surface area contributed by atoms with Crippen LogP contribution in [0.5, 0.6) is 0 Å². The van der Waals surface area contributed by atoms with Crippen LogP contribution in [-0.2, 0) is 13.1 Å². The molecule has 0 amide bonds. The fourth-order valence-corrected chi connectivity index (χ4v) is 1.66. The van der Waals surface area contributed by atoms with Gasteiger partial charge in [0.05, 0.1) is 12.2 Å². The first-order chi connectivity index (χ1) is 7.79. The minimum atomic E-state index is 0.862. The zero-order chi connectivity index (χ0) is 11.4. The quantitative estimate of drug-likeness (QED) is 0.829. The van der Waals surface area contributed by atoms with Crippen molar-refractivity contribution in [3.63, 3.8) is 0 Å². The standard InChI is InChI=1S/C11H17N5/c1-3-12-11-14-10(2)9-15(11)7-8-16-6-4-5-13-16/h4-6,9H,3,7-8H2,1-2H3,(H,12,14). The van der Waals surface area contributed by atoms with Crippen molar-refractivity contribution in [2.75, 3.05) is 11.9 Å². The van der Waals surface area contributed by atoms with Crippen molar-refractivity contribution >= 4 is 5.95 Å². The van der Waals surface area contributed by atoms with E-state index < -0.39 is 0 Å². The Kier molecular flexibility index (Phi) is 3.24. The third-order valence-corrected chi connectivity index (χ3v) is 2.36. The molecular formula is C11H17N5. The van der Waals surface area contributed by atoms with Gasteiger partial charge in [-0.1, -0.05) is 0 Å². The molecule has 16 heavy (non-hydrogen) atoms. The minimum absolute atomic E-state index is 0.862. The van der Waals surface area contributed by atoms with Crippen LogP contribution in [0.2, 0.25) is 0 Å². The number of aryl methyl sites for hydroxylation is 3. The van der Waals surface area contributed by atoms with Gasteiger partial charge < -0.3 is 9.88 Å². The lowest BCUT2D eigenvalue weighted by Crippen LogP contribution is -2.11. The largest absolute Gasteiger partial charge is 0.356 e. The number of rotatable bonds is 5. The van der Waals surface area contributed by atoms with Gasteiger partial charge in [0.25, 0.3) is 0 Å². The van der Waals surface area contributed by atoms with Gasteiger partial charge in [-0.15, -0.1) is 0 Å². The topological polar surface area (TPSA) is 47.7 Å². The lowest BCUT2D eigenvalue weighted by atomic mass is 10.5. The van der Waals surface area contributed by atoms with Crippen molar-refractivity contribution < 1.29 is 0 Å². The van der Waals surface area contributed by atoms with E-state index in [1.807, 2.05) is 23.9 Å². The zero-order valence-electron chi connectivity index (χ0n) is 9.72. The summed E-state index contributed by atoms with van der Waals surface area (Å²) in [5.74, 6) is 0.937. The summed E-state index contributed by atoms with van der Waals surface area (Å²) >= 11 is 0. The van der Waals surface area contributed by atoms with Gasteiger partial charge in [0, 0.05) is 31.7 Å². The number of nitrogens with zero attached hydrogens (tertiary/aromatic N) is 4. The second kappa shape index (κ2) is 4.83. The molecule has 0 saturated carbocycles. The molecule has 0 fully saturated rings. The highest BCUT2D eigenvalue weighted by molar-refractivity contribution is 5.28. The van der Waals surface area contributed by atoms with Crippen LogP contribution < -0.4 is 5.32 Å². The van der Waals surface area contributed by atoms with E-state index in [1.165, 1.54) is 0 Å². The fraction of sp³-hybridized carbons (Fsp3) is 0.455. The molecule has 2 aromatic rings. The van der Waals surface area contributed by atoms with Gasteiger partial charge in [-0.2, -0.15) is 5.10 Å². The molecule has 2 heterocycles. The van der Waals surface area contributed by atoms with Gasteiger partial charge in [0.15, 0.2) is 0 Å². The first-order valence-corrected chi connectivity index (χ1v) is 5.54. The van der Waals surface area contributed by atoms with Gasteiger partial charge >= 0.3 is 0 Å². The fourth-order valence-electron chi connectivity index (χ4n) is 1.66. The third-order valence-electron chi connectivity index (χ3n) is 2.36. The van der Waals surface area contributed by atoms with E-state index in [9.17, 15) is 0 Å². The van der Waals surface area contributed by atoms with Gasteiger partial charge in [-0.3, -0.25) is 4.68 Å². The van der Waals surface area contributed by atoms with Gasteiger partial charge in [-0.05, 0) is 19.9 Å². The molecule has 2 aromatic heterocycles. The molecule has 1 N–H and O–H groups in total. The Labute approximate surface area is 95.1 Å². The van der Waals surface area contributed by atoms with Crippen molar-refractivity contribution in [3.8, 4) is 0 Å². The zero-order valence-corrected chi connectivity index (χ0v) is 9.72. The van der Waals surface area contributed by atoms with Gasteiger partial charge in [0.1, 0.15) is 0 Å².